The first-order valence-electron chi connectivity index (χ1n) is 0.387. The van der Waals surface area contributed by atoms with Gasteiger partial charge in [-0.25, -0.2) is 0 Å². The summed E-state index contributed by atoms with van der Waals surface area (Å²) in [4.78, 5) is 0. The van der Waals surface area contributed by atoms with Crippen LogP contribution in [0.3, 0.4) is 0 Å². The Labute approximate surface area is 97.8 Å². The Morgan fingerprint density at radius 2 is 1.00 bits per heavy atom. The van der Waals surface area contributed by atoms with Crippen molar-refractivity contribution in [3.05, 3.63) is 0 Å². The predicted molar refractivity (Wildman–Crippen MR) is 1.37 cm³/mol. The molecule has 0 saturated carbocycles. The van der Waals surface area contributed by atoms with Crippen molar-refractivity contribution < 1.29 is 99.7 Å². The monoisotopic (exact) mass is 621 g/mol. The van der Waals surface area contributed by atoms with E-state index in [9.17, 15) is 0 Å². The van der Waals surface area contributed by atoms with Gasteiger partial charge in [-0.05, 0) is 0 Å². The summed E-state index contributed by atoms with van der Waals surface area (Å²) in [6.07, 6.45) is 0. The molecule has 0 radical (unpaired) electrons. The molecular formula is Hf2O2TaTi. The molecule has 6 heavy (non-hydrogen) atoms. The fourth-order valence-corrected chi connectivity index (χ4v) is 0. The van der Waals surface area contributed by atoms with Crippen LogP contribution in [0, 0.1) is 0 Å². The number of hydrogen-bond acceptors (Lipinski definition) is 2. The molecule has 0 atom stereocenters. The maximum atomic E-state index is 8.36. The molecule has 0 fully saturated rings. The molecule has 0 aromatic carbocycles. The van der Waals surface area contributed by atoms with Crippen molar-refractivity contribution in [1.82, 2.24) is 0 Å². The van der Waals surface area contributed by atoms with Crippen LogP contribution in [0.4, 0.5) is 0 Å². The summed E-state index contributed by atoms with van der Waals surface area (Å²) in [5, 5.41) is 0. The average molecular weight is 618 g/mol. The molecule has 29 valence electrons. The predicted octanol–water partition coefficient (Wildman–Crippen LogP) is -0.248. The zero-order chi connectivity index (χ0) is 4.00. The fourth-order valence-electron chi connectivity index (χ4n) is 0. The van der Waals surface area contributed by atoms with Crippen LogP contribution in [0.5, 0.6) is 0 Å². The van der Waals surface area contributed by atoms with E-state index in [-0.39, 0.29) is 72.7 Å². The molecular weight excluding hydrogens is 618 g/mol. The van der Waals surface area contributed by atoms with Gasteiger partial charge in [0.05, 0.1) is 0 Å². The van der Waals surface area contributed by atoms with E-state index in [1.165, 1.54) is 0 Å². The van der Waals surface area contributed by atoms with Gasteiger partial charge in [-0.15, -0.1) is 0 Å². The summed E-state index contributed by atoms with van der Waals surface area (Å²) in [6.45, 7) is 0. The second-order valence-electron chi connectivity index (χ2n) is 0. The van der Waals surface area contributed by atoms with Gasteiger partial charge in [0.2, 0.25) is 0 Å². The quantitative estimate of drug-likeness (QED) is 0.352. The molecule has 0 aliphatic carbocycles. The van der Waals surface area contributed by atoms with Crippen LogP contribution >= 0.6 is 0 Å². The first-order valence-corrected chi connectivity index (χ1v) is 2.34. The Morgan fingerprint density at radius 3 is 1.00 bits per heavy atom. The van der Waals surface area contributed by atoms with E-state index in [0.717, 1.165) is 20.4 Å². The zero-order valence-corrected chi connectivity index (χ0v) is 14.7. The normalized spacial score (nSPS) is 1.00. The maximum absolute atomic E-state index is 8.36. The van der Waals surface area contributed by atoms with Gasteiger partial charge < -0.3 is 0 Å². The third-order valence-electron chi connectivity index (χ3n) is 0. The van der Waals surface area contributed by atoms with Crippen LogP contribution in [0.25, 0.3) is 0 Å². The van der Waals surface area contributed by atoms with Crippen LogP contribution in [-0.4, -0.2) is 0 Å². The van der Waals surface area contributed by atoms with Gasteiger partial charge in [-0.1, -0.05) is 0 Å². The van der Waals surface area contributed by atoms with Crippen LogP contribution in [0.2, 0.25) is 0 Å². The SMILES string of the molecule is [Hf].[Hf].[O]=[Ta].[O]=[Ti]. The molecule has 0 N–H and O–H groups in total. The molecule has 0 aromatic heterocycles. The molecule has 0 amide bonds. The molecule has 0 rings (SSSR count). The van der Waals surface area contributed by atoms with Crippen LogP contribution in [-0.2, 0) is 99.7 Å². The van der Waals surface area contributed by atoms with E-state index in [4.69, 9.17) is 6.57 Å². The van der Waals surface area contributed by atoms with Gasteiger partial charge in [0.15, 0.2) is 0 Å². The van der Waals surface area contributed by atoms with Gasteiger partial charge in [-0.2, -0.15) is 0 Å². The first-order chi connectivity index (χ1) is 2.00. The summed E-state index contributed by atoms with van der Waals surface area (Å²) < 4.78 is 16.6. The van der Waals surface area contributed by atoms with Gasteiger partial charge in [0.25, 0.3) is 0 Å². The minimum atomic E-state index is 0. The van der Waals surface area contributed by atoms with E-state index in [0.29, 0.717) is 0 Å². The summed E-state index contributed by atoms with van der Waals surface area (Å²) in [5.41, 5.74) is 0. The molecule has 2 nitrogen and oxygen atoms in total. The molecule has 0 spiro atoms. The van der Waals surface area contributed by atoms with Gasteiger partial charge in [-0.3, -0.25) is 0 Å². The Kier molecular flexibility index (Phi) is 178. The fraction of sp³-hybridized carbons (Fsp3) is 0. The minimum absolute atomic E-state index is 0. The molecule has 0 aliphatic heterocycles. The Bertz CT molecular complexity index is 13.5. The summed E-state index contributed by atoms with van der Waals surface area (Å²) in [7, 11) is 0. The van der Waals surface area contributed by atoms with E-state index >= 15 is 0 Å². The third kappa shape index (κ3) is 29.2. The van der Waals surface area contributed by atoms with Crippen molar-refractivity contribution in [3.63, 3.8) is 0 Å². The number of rotatable bonds is 0. The summed E-state index contributed by atoms with van der Waals surface area (Å²) in [5.74, 6) is 0. The molecule has 6 heteroatoms. The first kappa shape index (κ1) is 23.2. The van der Waals surface area contributed by atoms with Crippen LogP contribution in [0.15, 0.2) is 0 Å². The standard InChI is InChI=1S/2Hf.2O.Ta.Ti. The van der Waals surface area contributed by atoms with E-state index in [1.54, 1.807) is 0 Å². The molecule has 0 aliphatic rings. The van der Waals surface area contributed by atoms with Gasteiger partial charge >= 0.3 is 48.0 Å². The topological polar surface area (TPSA) is 34.1 Å². The molecule has 0 unspecified atom stereocenters. The molecule has 0 bridgehead atoms. The van der Waals surface area contributed by atoms with Gasteiger partial charge in [0.1, 0.15) is 0 Å². The average Bonchev–Trinajstić information content (AvgIpc) is 1.50. The Balaban J connectivity index is -0.00000000500. The van der Waals surface area contributed by atoms with E-state index < -0.39 is 0 Å². The molecule has 0 aromatic rings. The second kappa shape index (κ2) is 46.1. The van der Waals surface area contributed by atoms with Gasteiger partial charge in [0, 0.05) is 51.7 Å². The van der Waals surface area contributed by atoms with Crippen LogP contribution < -0.4 is 0 Å². The summed E-state index contributed by atoms with van der Waals surface area (Å²) >= 11 is 0.944. The third-order valence-corrected chi connectivity index (χ3v) is 0. The number of hydrogen-bond donors (Lipinski definition) is 0. The zero-order valence-electron chi connectivity index (χ0n) is 2.76. The van der Waals surface area contributed by atoms with E-state index in [1.807, 2.05) is 0 Å². The van der Waals surface area contributed by atoms with Crippen molar-refractivity contribution in [2.45, 2.75) is 0 Å². The second-order valence-corrected chi connectivity index (χ2v) is 0. The van der Waals surface area contributed by atoms with Crippen molar-refractivity contribution in [2.24, 2.45) is 0 Å². The molecule has 0 saturated heterocycles. The van der Waals surface area contributed by atoms with Crippen molar-refractivity contribution in [1.29, 1.82) is 0 Å². The molecule has 0 heterocycles. The Hall–Kier alpha value is 2.79. The van der Waals surface area contributed by atoms with Crippen molar-refractivity contribution >= 4 is 0 Å². The van der Waals surface area contributed by atoms with Crippen molar-refractivity contribution in [2.75, 3.05) is 0 Å². The van der Waals surface area contributed by atoms with E-state index in [2.05, 4.69) is 0 Å². The van der Waals surface area contributed by atoms with Crippen molar-refractivity contribution in [3.8, 4) is 0 Å². The Morgan fingerprint density at radius 1 is 1.00 bits per heavy atom. The summed E-state index contributed by atoms with van der Waals surface area (Å²) in [6, 6.07) is 0. The van der Waals surface area contributed by atoms with Crippen LogP contribution in [0.1, 0.15) is 0 Å².